The highest BCUT2D eigenvalue weighted by Crippen LogP contribution is 2.17. The maximum absolute atomic E-state index is 11.8. The molecular weight excluding hydrogens is 280 g/mol. The van der Waals surface area contributed by atoms with Crippen molar-refractivity contribution in [2.75, 3.05) is 31.2 Å². The van der Waals surface area contributed by atoms with Crippen molar-refractivity contribution in [3.8, 4) is 0 Å². The molecule has 1 N–H and O–H groups in total. The Hall–Kier alpha value is -1.72. The van der Waals surface area contributed by atoms with Gasteiger partial charge in [0, 0.05) is 31.7 Å². The van der Waals surface area contributed by atoms with Gasteiger partial charge in [-0.3, -0.25) is 9.59 Å². The molecule has 5 heteroatoms. The van der Waals surface area contributed by atoms with Gasteiger partial charge in [0.2, 0.25) is 0 Å². The van der Waals surface area contributed by atoms with Crippen LogP contribution in [0, 0.1) is 0 Å². The van der Waals surface area contributed by atoms with Crippen molar-refractivity contribution in [1.29, 1.82) is 0 Å². The van der Waals surface area contributed by atoms with Crippen molar-refractivity contribution in [2.24, 2.45) is 0 Å². The summed E-state index contributed by atoms with van der Waals surface area (Å²) in [5.74, 6) is 0.0964. The Morgan fingerprint density at radius 1 is 1.14 bits per heavy atom. The van der Waals surface area contributed by atoms with E-state index in [1.807, 2.05) is 0 Å². The Bertz CT molecular complexity index is 535. The van der Waals surface area contributed by atoms with Crippen molar-refractivity contribution in [1.82, 2.24) is 5.32 Å². The van der Waals surface area contributed by atoms with Gasteiger partial charge in [0.1, 0.15) is 5.78 Å². The summed E-state index contributed by atoms with van der Waals surface area (Å²) in [5, 5.41) is 3.27. The number of benzene rings is 1. The molecule has 0 aromatic heterocycles. The Morgan fingerprint density at radius 2 is 1.86 bits per heavy atom. The summed E-state index contributed by atoms with van der Waals surface area (Å²) in [6, 6.07) is 8.26. The zero-order valence-corrected chi connectivity index (χ0v) is 12.7. The number of nitrogens with one attached hydrogen (secondary N) is 1. The SMILES string of the molecule is O=C1CCC(NCc2ccc(N3CCOCC3)cc2)C(=O)C1. The summed E-state index contributed by atoms with van der Waals surface area (Å²) in [4.78, 5) is 25.3. The number of carbonyl (C=O) groups is 2. The van der Waals surface area contributed by atoms with Crippen LogP contribution in [-0.2, 0) is 20.9 Å². The second kappa shape index (κ2) is 7.03. The molecule has 1 saturated heterocycles. The van der Waals surface area contributed by atoms with Gasteiger partial charge in [-0.25, -0.2) is 0 Å². The van der Waals surface area contributed by atoms with Crippen molar-refractivity contribution >= 4 is 17.3 Å². The largest absolute Gasteiger partial charge is 0.378 e. The smallest absolute Gasteiger partial charge is 0.157 e. The van der Waals surface area contributed by atoms with Crippen LogP contribution in [0.25, 0.3) is 0 Å². The number of hydrogen-bond donors (Lipinski definition) is 1. The third-order valence-electron chi connectivity index (χ3n) is 4.34. The molecule has 118 valence electrons. The molecule has 1 atom stereocenters. The minimum Gasteiger partial charge on any atom is -0.378 e. The van der Waals surface area contributed by atoms with E-state index in [0.717, 1.165) is 31.9 Å². The van der Waals surface area contributed by atoms with Crippen LogP contribution < -0.4 is 10.2 Å². The van der Waals surface area contributed by atoms with Crippen molar-refractivity contribution in [2.45, 2.75) is 31.8 Å². The summed E-state index contributed by atoms with van der Waals surface area (Å²) in [6.07, 6.45) is 1.23. The van der Waals surface area contributed by atoms with Crippen LogP contribution in [0.2, 0.25) is 0 Å². The van der Waals surface area contributed by atoms with Gasteiger partial charge in [0.25, 0.3) is 0 Å². The van der Waals surface area contributed by atoms with Gasteiger partial charge in [-0.2, -0.15) is 0 Å². The first kappa shape index (κ1) is 15.2. The number of ether oxygens (including phenoxy) is 1. The van der Waals surface area contributed by atoms with Crippen LogP contribution in [0.5, 0.6) is 0 Å². The van der Waals surface area contributed by atoms with Gasteiger partial charge in [0.15, 0.2) is 5.78 Å². The molecule has 1 aliphatic heterocycles. The summed E-state index contributed by atoms with van der Waals surface area (Å²) in [7, 11) is 0. The first-order valence-electron chi connectivity index (χ1n) is 7.92. The van der Waals surface area contributed by atoms with Gasteiger partial charge < -0.3 is 15.0 Å². The van der Waals surface area contributed by atoms with E-state index in [1.54, 1.807) is 0 Å². The lowest BCUT2D eigenvalue weighted by molar-refractivity contribution is -0.131. The highest BCUT2D eigenvalue weighted by molar-refractivity contribution is 6.03. The third-order valence-corrected chi connectivity index (χ3v) is 4.34. The number of nitrogens with zero attached hydrogens (tertiary/aromatic N) is 1. The van der Waals surface area contributed by atoms with Gasteiger partial charge >= 0.3 is 0 Å². The predicted molar refractivity (Wildman–Crippen MR) is 84.0 cm³/mol. The average Bonchev–Trinajstić information content (AvgIpc) is 2.55. The molecule has 2 aliphatic rings. The number of carbonyl (C=O) groups excluding carboxylic acids is 2. The number of hydrogen-bond acceptors (Lipinski definition) is 5. The number of Topliss-reactive ketones (excluding diaryl/α,β-unsaturated/α-hetero) is 2. The predicted octanol–water partition coefficient (Wildman–Crippen LogP) is 1.30. The zero-order valence-electron chi connectivity index (χ0n) is 12.7. The highest BCUT2D eigenvalue weighted by atomic mass is 16.5. The number of ketones is 2. The van der Waals surface area contributed by atoms with Crippen molar-refractivity contribution in [3.05, 3.63) is 29.8 Å². The molecule has 1 saturated carbocycles. The molecule has 2 fully saturated rings. The molecule has 3 rings (SSSR count). The third kappa shape index (κ3) is 3.72. The second-order valence-corrected chi connectivity index (χ2v) is 5.92. The quantitative estimate of drug-likeness (QED) is 0.850. The summed E-state index contributed by atoms with van der Waals surface area (Å²) >= 11 is 0. The van der Waals surface area contributed by atoms with Gasteiger partial charge in [-0.15, -0.1) is 0 Å². The monoisotopic (exact) mass is 302 g/mol. The average molecular weight is 302 g/mol. The van der Waals surface area contributed by atoms with Crippen LogP contribution in [0.3, 0.4) is 0 Å². The minimum absolute atomic E-state index is 0.0289. The lowest BCUT2D eigenvalue weighted by Gasteiger charge is -2.29. The molecule has 5 nitrogen and oxygen atoms in total. The van der Waals surface area contributed by atoms with E-state index in [1.165, 1.54) is 5.69 Å². The fourth-order valence-electron chi connectivity index (χ4n) is 2.98. The minimum atomic E-state index is -0.170. The molecule has 1 unspecified atom stereocenters. The van der Waals surface area contributed by atoms with E-state index in [2.05, 4.69) is 34.5 Å². The van der Waals surface area contributed by atoms with Crippen LogP contribution in [0.1, 0.15) is 24.8 Å². The van der Waals surface area contributed by atoms with E-state index in [9.17, 15) is 9.59 Å². The Balaban J connectivity index is 1.52. The fraction of sp³-hybridized carbons (Fsp3) is 0.529. The molecule has 0 spiro atoms. The molecule has 0 bridgehead atoms. The lowest BCUT2D eigenvalue weighted by Crippen LogP contribution is -2.40. The Kier molecular flexibility index (Phi) is 4.85. The van der Waals surface area contributed by atoms with E-state index in [4.69, 9.17) is 4.74 Å². The Labute approximate surface area is 130 Å². The molecule has 1 aromatic carbocycles. The standard InChI is InChI=1S/C17H22N2O3/c20-15-5-6-16(17(21)11-15)18-12-13-1-3-14(4-2-13)19-7-9-22-10-8-19/h1-4,16,18H,5-12H2. The molecule has 22 heavy (non-hydrogen) atoms. The van der Waals surface area contributed by atoms with Gasteiger partial charge in [0.05, 0.1) is 25.7 Å². The summed E-state index contributed by atoms with van der Waals surface area (Å²) in [6.45, 7) is 4.09. The summed E-state index contributed by atoms with van der Waals surface area (Å²) in [5.41, 5.74) is 2.37. The van der Waals surface area contributed by atoms with Crippen LogP contribution in [0.15, 0.2) is 24.3 Å². The molecule has 1 aliphatic carbocycles. The van der Waals surface area contributed by atoms with Crippen molar-refractivity contribution < 1.29 is 14.3 Å². The zero-order chi connectivity index (χ0) is 15.4. The number of anilines is 1. The van der Waals surface area contributed by atoms with Gasteiger partial charge in [-0.05, 0) is 24.1 Å². The number of rotatable bonds is 4. The van der Waals surface area contributed by atoms with Crippen LogP contribution in [-0.4, -0.2) is 43.9 Å². The van der Waals surface area contributed by atoms with E-state index in [-0.39, 0.29) is 24.0 Å². The van der Waals surface area contributed by atoms with Crippen LogP contribution >= 0.6 is 0 Å². The molecule has 0 radical (unpaired) electrons. The maximum Gasteiger partial charge on any atom is 0.157 e. The Morgan fingerprint density at radius 3 is 2.55 bits per heavy atom. The topological polar surface area (TPSA) is 58.6 Å². The second-order valence-electron chi connectivity index (χ2n) is 5.92. The first-order chi connectivity index (χ1) is 10.7. The summed E-state index contributed by atoms with van der Waals surface area (Å²) < 4.78 is 5.36. The van der Waals surface area contributed by atoms with E-state index >= 15 is 0 Å². The first-order valence-corrected chi connectivity index (χ1v) is 7.92. The molecule has 1 aromatic rings. The maximum atomic E-state index is 11.8. The van der Waals surface area contributed by atoms with Crippen molar-refractivity contribution in [3.63, 3.8) is 0 Å². The van der Waals surface area contributed by atoms with Gasteiger partial charge in [-0.1, -0.05) is 12.1 Å². The molecule has 0 amide bonds. The lowest BCUT2D eigenvalue weighted by atomic mass is 9.93. The number of morpholine rings is 1. The normalized spacial score (nSPS) is 22.9. The fourth-order valence-corrected chi connectivity index (χ4v) is 2.98. The van der Waals surface area contributed by atoms with E-state index in [0.29, 0.717) is 19.4 Å². The van der Waals surface area contributed by atoms with E-state index < -0.39 is 0 Å². The van der Waals surface area contributed by atoms with Crippen LogP contribution in [0.4, 0.5) is 5.69 Å². The molecule has 1 heterocycles. The highest BCUT2D eigenvalue weighted by Gasteiger charge is 2.26. The molecular formula is C17H22N2O3.